The van der Waals surface area contributed by atoms with Gasteiger partial charge in [-0.2, -0.15) is 0 Å². The molecule has 1 heterocycles. The molecule has 52 heavy (non-hydrogen) atoms. The number of ether oxygens (including phenoxy) is 5. The number of Topliss-reactive ketones (excluding diaryl/α,β-unsaturated/α-hetero) is 1. The maximum Gasteiger partial charge on any atom is 0.189 e. The van der Waals surface area contributed by atoms with Gasteiger partial charge in [-0.05, 0) is 64.9 Å². The summed E-state index contributed by atoms with van der Waals surface area (Å²) in [4.78, 5) is 13.5. The molecular formula is C43H42ClFO7. The number of halogens is 2. The second-order valence-corrected chi connectivity index (χ2v) is 13.0. The molecule has 0 bridgehead atoms. The highest BCUT2D eigenvalue weighted by Gasteiger charge is 2.53. The van der Waals surface area contributed by atoms with Crippen LogP contribution in [-0.4, -0.2) is 48.5 Å². The molecule has 0 amide bonds. The quantitative estimate of drug-likeness (QED) is 0.0859. The Morgan fingerprint density at radius 1 is 0.769 bits per heavy atom. The predicted molar refractivity (Wildman–Crippen MR) is 197 cm³/mol. The molecular weight excluding hydrogens is 683 g/mol. The van der Waals surface area contributed by atoms with Gasteiger partial charge in [-0.15, -0.1) is 0 Å². The normalized spacial score (nSPS) is 16.9. The first-order valence-corrected chi connectivity index (χ1v) is 17.8. The summed E-state index contributed by atoms with van der Waals surface area (Å²) in [5, 5.41) is 10.7. The van der Waals surface area contributed by atoms with Gasteiger partial charge in [0.25, 0.3) is 0 Å². The van der Waals surface area contributed by atoms with Gasteiger partial charge in [-0.3, -0.25) is 4.79 Å². The standard InChI is InChI=1S/C43H42ClFO7/c1-2-48-38-21-18-32(23-36(38)45)22-34-24-33(19-20-35(34)44)39-43(52-39)42(51-28-31-16-10-5-11-17-31)41(50-27-30-14-8-4-9-15-30)40(37(47)25-46)49-26-29-12-6-3-7-13-29/h3-21,23-24,39-43,46H,2,22,25-28H2,1H3. The fourth-order valence-corrected chi connectivity index (χ4v) is 6.37. The molecule has 0 saturated carbocycles. The Hall–Kier alpha value is -4.41. The van der Waals surface area contributed by atoms with Gasteiger partial charge in [-0.25, -0.2) is 4.39 Å². The monoisotopic (exact) mass is 724 g/mol. The fraction of sp³-hybridized carbons (Fsp3) is 0.279. The summed E-state index contributed by atoms with van der Waals surface area (Å²) in [6.45, 7) is 1.95. The lowest BCUT2D eigenvalue weighted by Gasteiger charge is -2.32. The molecule has 1 saturated heterocycles. The molecule has 1 aliphatic heterocycles. The summed E-state index contributed by atoms with van der Waals surface area (Å²) in [7, 11) is 0. The number of aliphatic hydroxyl groups is 1. The minimum Gasteiger partial charge on any atom is -0.491 e. The third kappa shape index (κ3) is 9.92. The van der Waals surface area contributed by atoms with Crippen LogP contribution in [0.1, 0.15) is 46.4 Å². The largest absolute Gasteiger partial charge is 0.491 e. The van der Waals surface area contributed by atoms with E-state index in [1.807, 2.05) is 116 Å². The number of carbonyl (C=O) groups is 1. The van der Waals surface area contributed by atoms with Crippen molar-refractivity contribution in [2.24, 2.45) is 0 Å². The molecule has 0 aliphatic carbocycles. The summed E-state index contributed by atoms with van der Waals surface area (Å²) in [6, 6.07) is 39.4. The van der Waals surface area contributed by atoms with Gasteiger partial charge in [0, 0.05) is 5.02 Å². The summed E-state index contributed by atoms with van der Waals surface area (Å²) in [5.41, 5.74) is 5.08. The van der Waals surface area contributed by atoms with Gasteiger partial charge in [0.05, 0.1) is 26.4 Å². The van der Waals surface area contributed by atoms with Crippen molar-refractivity contribution in [1.29, 1.82) is 0 Å². The Bertz CT molecular complexity index is 1880. The summed E-state index contributed by atoms with van der Waals surface area (Å²) in [6.07, 6.45) is -3.48. The number of rotatable bonds is 19. The smallest absolute Gasteiger partial charge is 0.189 e. The average molecular weight is 725 g/mol. The van der Waals surface area contributed by atoms with Crippen molar-refractivity contribution in [3.8, 4) is 5.75 Å². The molecule has 6 rings (SSSR count). The van der Waals surface area contributed by atoms with Crippen molar-refractivity contribution in [2.45, 2.75) is 63.7 Å². The molecule has 5 aromatic carbocycles. The molecule has 0 radical (unpaired) electrons. The first-order chi connectivity index (χ1) is 25.4. The van der Waals surface area contributed by atoms with Crippen LogP contribution >= 0.6 is 11.6 Å². The Balaban J connectivity index is 1.30. The molecule has 0 aromatic heterocycles. The number of aliphatic hydroxyl groups excluding tert-OH is 1. The van der Waals surface area contributed by atoms with Crippen molar-refractivity contribution in [3.05, 3.63) is 172 Å². The Kier molecular flexibility index (Phi) is 13.2. The van der Waals surface area contributed by atoms with Gasteiger partial charge < -0.3 is 28.8 Å². The van der Waals surface area contributed by atoms with E-state index < -0.39 is 48.7 Å². The van der Waals surface area contributed by atoms with E-state index in [9.17, 15) is 14.3 Å². The van der Waals surface area contributed by atoms with E-state index in [1.54, 1.807) is 12.1 Å². The van der Waals surface area contributed by atoms with Gasteiger partial charge >= 0.3 is 0 Å². The average Bonchev–Trinajstić information content (AvgIpc) is 3.97. The van der Waals surface area contributed by atoms with E-state index in [4.69, 9.17) is 35.3 Å². The van der Waals surface area contributed by atoms with Crippen molar-refractivity contribution >= 4 is 17.4 Å². The Morgan fingerprint density at radius 2 is 1.37 bits per heavy atom. The number of hydrogen-bond donors (Lipinski definition) is 1. The molecule has 7 nitrogen and oxygen atoms in total. The van der Waals surface area contributed by atoms with Gasteiger partial charge in [-0.1, -0.05) is 121 Å². The van der Waals surface area contributed by atoms with Crippen LogP contribution < -0.4 is 4.74 Å². The number of epoxide rings is 1. The molecule has 1 N–H and O–H groups in total. The third-order valence-corrected chi connectivity index (χ3v) is 9.25. The van der Waals surface area contributed by atoms with Crippen LogP contribution in [0.5, 0.6) is 5.75 Å². The molecule has 5 atom stereocenters. The first kappa shape index (κ1) is 37.4. The van der Waals surface area contributed by atoms with Crippen molar-refractivity contribution in [3.63, 3.8) is 0 Å². The molecule has 5 unspecified atom stereocenters. The fourth-order valence-electron chi connectivity index (χ4n) is 6.18. The lowest BCUT2D eigenvalue weighted by molar-refractivity contribution is -0.171. The van der Waals surface area contributed by atoms with Crippen LogP contribution in [0.25, 0.3) is 0 Å². The van der Waals surface area contributed by atoms with Crippen LogP contribution in [0.15, 0.2) is 127 Å². The van der Waals surface area contributed by atoms with Crippen LogP contribution in [0.4, 0.5) is 4.39 Å². The summed E-state index contributed by atoms with van der Waals surface area (Å²) >= 11 is 6.65. The van der Waals surface area contributed by atoms with Crippen LogP contribution in [0.2, 0.25) is 5.02 Å². The van der Waals surface area contributed by atoms with E-state index in [2.05, 4.69) is 0 Å². The Labute approximate surface area is 308 Å². The lowest BCUT2D eigenvalue weighted by atomic mass is 9.95. The van der Waals surface area contributed by atoms with Gasteiger partial charge in [0.2, 0.25) is 0 Å². The number of carbonyl (C=O) groups excluding carboxylic acids is 1. The van der Waals surface area contributed by atoms with Crippen molar-refractivity contribution < 1.29 is 38.0 Å². The highest BCUT2D eigenvalue weighted by Crippen LogP contribution is 2.45. The number of ketones is 1. The molecule has 270 valence electrons. The molecule has 5 aromatic rings. The third-order valence-electron chi connectivity index (χ3n) is 8.88. The summed E-state index contributed by atoms with van der Waals surface area (Å²) in [5.74, 6) is -0.758. The van der Waals surface area contributed by atoms with Crippen LogP contribution in [0.3, 0.4) is 0 Å². The van der Waals surface area contributed by atoms with E-state index >= 15 is 0 Å². The zero-order valence-electron chi connectivity index (χ0n) is 28.9. The zero-order chi connectivity index (χ0) is 36.3. The molecule has 1 aliphatic rings. The number of benzene rings is 5. The minimum atomic E-state index is -1.17. The van der Waals surface area contributed by atoms with E-state index in [1.165, 1.54) is 6.07 Å². The summed E-state index contributed by atoms with van der Waals surface area (Å²) < 4.78 is 45.9. The van der Waals surface area contributed by atoms with Crippen LogP contribution in [0, 0.1) is 5.82 Å². The van der Waals surface area contributed by atoms with E-state index in [0.717, 1.165) is 33.4 Å². The molecule has 9 heteroatoms. The Morgan fingerprint density at radius 3 is 1.94 bits per heavy atom. The maximum atomic E-state index is 14.7. The molecule has 1 fully saturated rings. The van der Waals surface area contributed by atoms with Crippen molar-refractivity contribution in [2.75, 3.05) is 13.2 Å². The first-order valence-electron chi connectivity index (χ1n) is 17.4. The molecule has 0 spiro atoms. The zero-order valence-corrected chi connectivity index (χ0v) is 29.7. The van der Waals surface area contributed by atoms with Gasteiger partial charge in [0.15, 0.2) is 17.3 Å². The topological polar surface area (TPSA) is 86.8 Å². The minimum absolute atomic E-state index is 0.121. The lowest BCUT2D eigenvalue weighted by Crippen LogP contribution is -2.50. The number of hydrogen-bond acceptors (Lipinski definition) is 7. The maximum absolute atomic E-state index is 14.7. The second-order valence-electron chi connectivity index (χ2n) is 12.6. The highest BCUT2D eigenvalue weighted by molar-refractivity contribution is 6.31. The van der Waals surface area contributed by atoms with E-state index in [0.29, 0.717) is 18.1 Å². The van der Waals surface area contributed by atoms with Crippen LogP contribution in [-0.2, 0) is 50.0 Å². The predicted octanol–water partition coefficient (Wildman–Crippen LogP) is 8.23. The highest BCUT2D eigenvalue weighted by atomic mass is 35.5. The van der Waals surface area contributed by atoms with Gasteiger partial charge in [0.1, 0.15) is 37.1 Å². The SMILES string of the molecule is CCOc1ccc(Cc2cc(C3OC3C(OCc3ccccc3)C(OCc3ccccc3)C(OCc3ccccc3)C(=O)CO)ccc2Cl)cc1F. The van der Waals surface area contributed by atoms with E-state index in [-0.39, 0.29) is 25.6 Å². The van der Waals surface area contributed by atoms with Crippen molar-refractivity contribution in [1.82, 2.24) is 0 Å². The second kappa shape index (κ2) is 18.4.